The minimum Gasteiger partial charge on any atom is -0.393 e. The molecule has 3 atom stereocenters. The molecule has 2 aliphatic rings. The highest BCUT2D eigenvalue weighted by atomic mass is 16.3. The van der Waals surface area contributed by atoms with E-state index in [1.165, 1.54) is 18.4 Å². The number of allylic oxidation sites excluding steroid dienone is 2. The van der Waals surface area contributed by atoms with Gasteiger partial charge in [-0.05, 0) is 38.5 Å². The summed E-state index contributed by atoms with van der Waals surface area (Å²) in [7, 11) is 0. The van der Waals surface area contributed by atoms with Gasteiger partial charge in [-0.3, -0.25) is 0 Å². The van der Waals surface area contributed by atoms with Crippen molar-refractivity contribution in [1.29, 1.82) is 0 Å². The summed E-state index contributed by atoms with van der Waals surface area (Å²) in [5.41, 5.74) is 1.73. The molecule has 68 valence electrons. The third-order valence-electron chi connectivity index (χ3n) is 3.94. The first-order chi connectivity index (χ1) is 5.63. The first kappa shape index (κ1) is 8.31. The van der Waals surface area contributed by atoms with E-state index in [0.717, 1.165) is 18.8 Å². The molecule has 0 radical (unpaired) electrons. The normalized spacial score (nSPS) is 47.1. The number of aliphatic hydroxyl groups is 1. The first-order valence-corrected chi connectivity index (χ1v) is 4.96. The Hall–Kier alpha value is -0.300. The van der Waals surface area contributed by atoms with Gasteiger partial charge >= 0.3 is 0 Å². The molecule has 0 bridgehead atoms. The average molecular weight is 166 g/mol. The van der Waals surface area contributed by atoms with Crippen molar-refractivity contribution in [3.63, 3.8) is 0 Å². The number of aliphatic hydroxyl groups excluding tert-OH is 1. The van der Waals surface area contributed by atoms with Crippen LogP contribution in [0.2, 0.25) is 0 Å². The van der Waals surface area contributed by atoms with Crippen molar-refractivity contribution >= 4 is 0 Å². The molecular formula is C11H18O. The molecule has 0 amide bonds. The number of fused-ring (bicyclic) bond motifs is 1. The van der Waals surface area contributed by atoms with Crippen LogP contribution >= 0.6 is 0 Å². The van der Waals surface area contributed by atoms with Gasteiger partial charge in [0.1, 0.15) is 0 Å². The Morgan fingerprint density at radius 3 is 3.00 bits per heavy atom. The summed E-state index contributed by atoms with van der Waals surface area (Å²) in [6.07, 6.45) is 6.81. The average Bonchev–Trinajstić information content (AvgIpc) is 2.31. The number of hydrogen-bond donors (Lipinski definition) is 1. The van der Waals surface area contributed by atoms with Crippen molar-refractivity contribution in [2.45, 2.75) is 45.6 Å². The fraction of sp³-hybridized carbons (Fsp3) is 0.818. The molecule has 1 nitrogen and oxygen atoms in total. The van der Waals surface area contributed by atoms with Gasteiger partial charge in [0.25, 0.3) is 0 Å². The Kier molecular flexibility index (Phi) is 1.80. The van der Waals surface area contributed by atoms with Crippen LogP contribution in [0.5, 0.6) is 0 Å². The maximum Gasteiger partial charge on any atom is 0.0599 e. The van der Waals surface area contributed by atoms with Crippen LogP contribution in [0, 0.1) is 11.3 Å². The highest BCUT2D eigenvalue weighted by Crippen LogP contribution is 2.51. The van der Waals surface area contributed by atoms with E-state index in [-0.39, 0.29) is 11.5 Å². The molecule has 0 aromatic rings. The van der Waals surface area contributed by atoms with Gasteiger partial charge in [0.15, 0.2) is 0 Å². The molecule has 0 spiro atoms. The van der Waals surface area contributed by atoms with Crippen molar-refractivity contribution in [1.82, 2.24) is 0 Å². The van der Waals surface area contributed by atoms with E-state index in [0.29, 0.717) is 0 Å². The van der Waals surface area contributed by atoms with Gasteiger partial charge < -0.3 is 5.11 Å². The molecular weight excluding hydrogens is 148 g/mol. The molecule has 0 aliphatic heterocycles. The Bertz CT molecular complexity index is 219. The SMILES string of the molecule is CC1=CC[C@@]2(C)[C@H](CC[C@H]2O)C1. The van der Waals surface area contributed by atoms with Crippen LogP contribution in [-0.4, -0.2) is 11.2 Å². The number of hydrogen-bond acceptors (Lipinski definition) is 1. The molecule has 1 N–H and O–H groups in total. The van der Waals surface area contributed by atoms with E-state index < -0.39 is 0 Å². The monoisotopic (exact) mass is 166 g/mol. The smallest absolute Gasteiger partial charge is 0.0599 e. The highest BCUT2D eigenvalue weighted by molar-refractivity contribution is 5.13. The molecule has 1 saturated carbocycles. The molecule has 12 heavy (non-hydrogen) atoms. The van der Waals surface area contributed by atoms with Crippen LogP contribution in [-0.2, 0) is 0 Å². The zero-order valence-corrected chi connectivity index (χ0v) is 8.01. The lowest BCUT2D eigenvalue weighted by atomic mass is 9.69. The third kappa shape index (κ3) is 1.03. The maximum atomic E-state index is 9.84. The van der Waals surface area contributed by atoms with E-state index in [1.807, 2.05) is 0 Å². The lowest BCUT2D eigenvalue weighted by Gasteiger charge is -2.37. The molecule has 1 heteroatoms. The van der Waals surface area contributed by atoms with Gasteiger partial charge in [0.2, 0.25) is 0 Å². The summed E-state index contributed by atoms with van der Waals surface area (Å²) in [4.78, 5) is 0. The predicted molar refractivity (Wildman–Crippen MR) is 49.8 cm³/mol. The van der Waals surface area contributed by atoms with Gasteiger partial charge in [0, 0.05) is 5.41 Å². The summed E-state index contributed by atoms with van der Waals surface area (Å²) in [5, 5.41) is 9.84. The van der Waals surface area contributed by atoms with Gasteiger partial charge in [0.05, 0.1) is 6.10 Å². The second-order valence-electron chi connectivity index (χ2n) is 4.75. The molecule has 0 saturated heterocycles. The minimum absolute atomic E-state index is 0.0492. The Morgan fingerprint density at radius 1 is 1.50 bits per heavy atom. The van der Waals surface area contributed by atoms with Gasteiger partial charge in [-0.15, -0.1) is 0 Å². The van der Waals surface area contributed by atoms with Gasteiger partial charge in [-0.1, -0.05) is 18.6 Å². The second kappa shape index (κ2) is 2.59. The zero-order valence-electron chi connectivity index (χ0n) is 8.01. The molecule has 2 rings (SSSR count). The lowest BCUT2D eigenvalue weighted by Crippen LogP contribution is -2.34. The fourth-order valence-electron chi connectivity index (χ4n) is 2.79. The van der Waals surface area contributed by atoms with E-state index in [2.05, 4.69) is 19.9 Å². The highest BCUT2D eigenvalue weighted by Gasteiger charge is 2.46. The van der Waals surface area contributed by atoms with Crippen molar-refractivity contribution in [3.8, 4) is 0 Å². The Labute approximate surface area is 74.5 Å². The van der Waals surface area contributed by atoms with Crippen molar-refractivity contribution in [2.75, 3.05) is 0 Å². The van der Waals surface area contributed by atoms with Crippen LogP contribution in [0.15, 0.2) is 11.6 Å². The van der Waals surface area contributed by atoms with Crippen LogP contribution < -0.4 is 0 Å². The molecule has 1 fully saturated rings. The quantitative estimate of drug-likeness (QED) is 0.548. The second-order valence-corrected chi connectivity index (χ2v) is 4.75. The van der Waals surface area contributed by atoms with Gasteiger partial charge in [-0.2, -0.15) is 0 Å². The summed E-state index contributed by atoms with van der Waals surface area (Å²) in [6.45, 7) is 4.46. The van der Waals surface area contributed by atoms with E-state index >= 15 is 0 Å². The topological polar surface area (TPSA) is 20.2 Å². The molecule has 0 heterocycles. The van der Waals surface area contributed by atoms with Crippen LogP contribution in [0.4, 0.5) is 0 Å². The summed E-state index contributed by atoms with van der Waals surface area (Å²) < 4.78 is 0. The van der Waals surface area contributed by atoms with E-state index in [4.69, 9.17) is 0 Å². The first-order valence-electron chi connectivity index (χ1n) is 4.96. The van der Waals surface area contributed by atoms with Crippen molar-refractivity contribution < 1.29 is 5.11 Å². The molecule has 0 aromatic heterocycles. The Morgan fingerprint density at radius 2 is 2.25 bits per heavy atom. The standard InChI is InChI=1S/C11H18O/c1-8-5-6-11(2)9(7-8)3-4-10(11)12/h5,9-10,12H,3-4,6-7H2,1-2H3/t9-,10-,11+/m1/s1. The minimum atomic E-state index is -0.0492. The maximum absolute atomic E-state index is 9.84. The third-order valence-corrected chi connectivity index (χ3v) is 3.94. The molecule has 0 unspecified atom stereocenters. The summed E-state index contributed by atoms with van der Waals surface area (Å²) >= 11 is 0. The van der Waals surface area contributed by atoms with Gasteiger partial charge in [-0.25, -0.2) is 0 Å². The van der Waals surface area contributed by atoms with Crippen LogP contribution in [0.3, 0.4) is 0 Å². The van der Waals surface area contributed by atoms with Crippen LogP contribution in [0.1, 0.15) is 39.5 Å². The molecule has 2 aliphatic carbocycles. The van der Waals surface area contributed by atoms with E-state index in [9.17, 15) is 5.11 Å². The van der Waals surface area contributed by atoms with Crippen molar-refractivity contribution in [2.24, 2.45) is 11.3 Å². The van der Waals surface area contributed by atoms with E-state index in [1.54, 1.807) is 0 Å². The Balaban J connectivity index is 2.24. The summed E-state index contributed by atoms with van der Waals surface area (Å²) in [6, 6.07) is 0. The van der Waals surface area contributed by atoms with Crippen LogP contribution in [0.25, 0.3) is 0 Å². The predicted octanol–water partition coefficient (Wildman–Crippen LogP) is 2.50. The summed E-state index contributed by atoms with van der Waals surface area (Å²) in [5.74, 6) is 0.748. The van der Waals surface area contributed by atoms with Crippen molar-refractivity contribution in [3.05, 3.63) is 11.6 Å². The molecule has 0 aromatic carbocycles. The number of rotatable bonds is 0. The largest absolute Gasteiger partial charge is 0.393 e. The zero-order chi connectivity index (χ0) is 8.77. The fourth-order valence-corrected chi connectivity index (χ4v) is 2.79. The lowest BCUT2D eigenvalue weighted by molar-refractivity contribution is 0.0375.